The normalized spacial score (nSPS) is 10.3. The standard InChI is InChI=1S/C19H21BrN2O2/c1-3-15-7-9-18(10-8-15)22(14(2)23)12-11-21-19(24)16-5-4-6-17(20)13-16/h4-10,13H,3,11-12H2,1-2H3,(H,21,24). The van der Waals surface area contributed by atoms with E-state index in [-0.39, 0.29) is 11.8 Å². The molecule has 4 nitrogen and oxygen atoms in total. The molecule has 0 aromatic heterocycles. The summed E-state index contributed by atoms with van der Waals surface area (Å²) in [6.45, 7) is 4.44. The summed E-state index contributed by atoms with van der Waals surface area (Å²) in [7, 11) is 0. The molecule has 0 atom stereocenters. The predicted octanol–water partition coefficient (Wildman–Crippen LogP) is 3.79. The van der Waals surface area contributed by atoms with Gasteiger partial charge in [0.2, 0.25) is 5.91 Å². The lowest BCUT2D eigenvalue weighted by Crippen LogP contribution is -2.37. The summed E-state index contributed by atoms with van der Waals surface area (Å²) >= 11 is 3.35. The highest BCUT2D eigenvalue weighted by atomic mass is 79.9. The van der Waals surface area contributed by atoms with Crippen molar-refractivity contribution in [3.05, 3.63) is 64.1 Å². The van der Waals surface area contributed by atoms with Gasteiger partial charge in [0.1, 0.15) is 0 Å². The number of rotatable bonds is 6. The maximum Gasteiger partial charge on any atom is 0.251 e. The molecule has 1 N–H and O–H groups in total. The second-order valence-electron chi connectivity index (χ2n) is 5.46. The number of carbonyl (C=O) groups is 2. The molecule has 0 aliphatic rings. The van der Waals surface area contributed by atoms with Crippen LogP contribution in [0.1, 0.15) is 29.8 Å². The number of aryl methyl sites for hydroxylation is 1. The van der Waals surface area contributed by atoms with E-state index >= 15 is 0 Å². The third-order valence-electron chi connectivity index (χ3n) is 3.74. The van der Waals surface area contributed by atoms with E-state index in [9.17, 15) is 9.59 Å². The average Bonchev–Trinajstić information content (AvgIpc) is 2.58. The third kappa shape index (κ3) is 4.93. The van der Waals surface area contributed by atoms with Crippen LogP contribution in [-0.4, -0.2) is 24.9 Å². The fraction of sp³-hybridized carbons (Fsp3) is 0.263. The summed E-state index contributed by atoms with van der Waals surface area (Å²) in [5.74, 6) is -0.197. The molecule has 24 heavy (non-hydrogen) atoms. The number of hydrogen-bond acceptors (Lipinski definition) is 2. The van der Waals surface area contributed by atoms with Gasteiger partial charge >= 0.3 is 0 Å². The Labute approximate surface area is 151 Å². The van der Waals surface area contributed by atoms with Crippen LogP contribution >= 0.6 is 15.9 Å². The molecular formula is C19H21BrN2O2. The van der Waals surface area contributed by atoms with E-state index in [4.69, 9.17) is 0 Å². The van der Waals surface area contributed by atoms with Crippen LogP contribution in [0, 0.1) is 0 Å². The first-order valence-corrected chi connectivity index (χ1v) is 8.71. The van der Waals surface area contributed by atoms with Gasteiger partial charge in [-0.2, -0.15) is 0 Å². The first-order valence-electron chi connectivity index (χ1n) is 7.92. The molecule has 126 valence electrons. The highest BCUT2D eigenvalue weighted by Gasteiger charge is 2.12. The van der Waals surface area contributed by atoms with Crippen molar-refractivity contribution >= 4 is 33.4 Å². The lowest BCUT2D eigenvalue weighted by atomic mass is 10.1. The Bertz CT molecular complexity index is 714. The van der Waals surface area contributed by atoms with Gasteiger partial charge in [-0.1, -0.05) is 41.1 Å². The molecule has 0 saturated heterocycles. The van der Waals surface area contributed by atoms with Gasteiger partial charge in [0.25, 0.3) is 5.91 Å². The van der Waals surface area contributed by atoms with Gasteiger partial charge in [0.05, 0.1) is 0 Å². The molecule has 0 unspecified atom stereocenters. The predicted molar refractivity (Wildman–Crippen MR) is 100 cm³/mol. The summed E-state index contributed by atoms with van der Waals surface area (Å²) in [6.07, 6.45) is 0.961. The van der Waals surface area contributed by atoms with Crippen LogP contribution in [-0.2, 0) is 11.2 Å². The Kier molecular flexibility index (Phi) is 6.55. The summed E-state index contributed by atoms with van der Waals surface area (Å²) in [4.78, 5) is 25.7. The minimum absolute atomic E-state index is 0.0454. The fourth-order valence-corrected chi connectivity index (χ4v) is 2.79. The van der Waals surface area contributed by atoms with Crippen molar-refractivity contribution in [2.75, 3.05) is 18.0 Å². The lowest BCUT2D eigenvalue weighted by molar-refractivity contribution is -0.116. The average molecular weight is 389 g/mol. The zero-order valence-corrected chi connectivity index (χ0v) is 15.5. The summed E-state index contributed by atoms with van der Waals surface area (Å²) < 4.78 is 0.858. The quantitative estimate of drug-likeness (QED) is 0.817. The number of nitrogens with one attached hydrogen (secondary N) is 1. The Morgan fingerprint density at radius 3 is 2.42 bits per heavy atom. The molecule has 0 heterocycles. The molecular weight excluding hydrogens is 368 g/mol. The van der Waals surface area contributed by atoms with Crippen LogP contribution in [0.25, 0.3) is 0 Å². The molecule has 0 saturated carbocycles. The Morgan fingerprint density at radius 1 is 1.12 bits per heavy atom. The SMILES string of the molecule is CCc1ccc(N(CCNC(=O)c2cccc(Br)c2)C(C)=O)cc1. The maximum atomic E-state index is 12.1. The molecule has 5 heteroatoms. The monoisotopic (exact) mass is 388 g/mol. The van der Waals surface area contributed by atoms with E-state index in [1.54, 1.807) is 17.0 Å². The molecule has 0 bridgehead atoms. The van der Waals surface area contributed by atoms with Gasteiger partial charge < -0.3 is 10.2 Å². The molecule has 2 aromatic rings. The van der Waals surface area contributed by atoms with Gasteiger partial charge in [0, 0.05) is 35.7 Å². The number of carbonyl (C=O) groups excluding carboxylic acids is 2. The largest absolute Gasteiger partial charge is 0.350 e. The highest BCUT2D eigenvalue weighted by Crippen LogP contribution is 2.16. The zero-order chi connectivity index (χ0) is 17.5. The van der Waals surface area contributed by atoms with E-state index in [2.05, 4.69) is 28.2 Å². The van der Waals surface area contributed by atoms with Gasteiger partial charge in [0.15, 0.2) is 0 Å². The molecule has 0 radical (unpaired) electrons. The molecule has 0 spiro atoms. The minimum Gasteiger partial charge on any atom is -0.350 e. The highest BCUT2D eigenvalue weighted by molar-refractivity contribution is 9.10. The van der Waals surface area contributed by atoms with Crippen LogP contribution in [0.3, 0.4) is 0 Å². The Hall–Kier alpha value is -2.14. The number of benzene rings is 2. The first kappa shape index (κ1) is 18.2. The van der Waals surface area contributed by atoms with Crippen molar-refractivity contribution in [2.45, 2.75) is 20.3 Å². The smallest absolute Gasteiger partial charge is 0.251 e. The van der Waals surface area contributed by atoms with Crippen molar-refractivity contribution < 1.29 is 9.59 Å². The second kappa shape index (κ2) is 8.64. The van der Waals surface area contributed by atoms with E-state index < -0.39 is 0 Å². The van der Waals surface area contributed by atoms with Gasteiger partial charge in [-0.3, -0.25) is 9.59 Å². The van der Waals surface area contributed by atoms with Crippen LogP contribution < -0.4 is 10.2 Å². The van der Waals surface area contributed by atoms with Gasteiger partial charge in [-0.15, -0.1) is 0 Å². The van der Waals surface area contributed by atoms with Crippen molar-refractivity contribution in [3.63, 3.8) is 0 Å². The molecule has 0 aliphatic heterocycles. The Morgan fingerprint density at radius 2 is 1.83 bits per heavy atom. The van der Waals surface area contributed by atoms with E-state index in [1.807, 2.05) is 36.4 Å². The molecule has 0 aliphatic carbocycles. The van der Waals surface area contributed by atoms with Crippen LogP contribution in [0.15, 0.2) is 53.0 Å². The number of nitrogens with zero attached hydrogens (tertiary/aromatic N) is 1. The number of hydrogen-bond donors (Lipinski definition) is 1. The zero-order valence-electron chi connectivity index (χ0n) is 13.9. The summed E-state index contributed by atoms with van der Waals surface area (Å²) in [6, 6.07) is 15.1. The van der Waals surface area contributed by atoms with Crippen molar-refractivity contribution in [2.24, 2.45) is 0 Å². The van der Waals surface area contributed by atoms with E-state index in [1.165, 1.54) is 12.5 Å². The number of halogens is 1. The molecule has 2 rings (SSSR count). The maximum absolute atomic E-state index is 12.1. The second-order valence-corrected chi connectivity index (χ2v) is 6.37. The Balaban J connectivity index is 1.96. The number of anilines is 1. The summed E-state index contributed by atoms with van der Waals surface area (Å²) in [5.41, 5.74) is 2.66. The molecule has 2 aromatic carbocycles. The van der Waals surface area contributed by atoms with Gasteiger partial charge in [-0.25, -0.2) is 0 Å². The van der Waals surface area contributed by atoms with E-state index in [0.717, 1.165) is 16.6 Å². The van der Waals surface area contributed by atoms with Crippen LogP contribution in [0.2, 0.25) is 0 Å². The molecule has 2 amide bonds. The summed E-state index contributed by atoms with van der Waals surface area (Å²) in [5, 5.41) is 2.85. The lowest BCUT2D eigenvalue weighted by Gasteiger charge is -2.21. The van der Waals surface area contributed by atoms with Crippen LogP contribution in [0.5, 0.6) is 0 Å². The van der Waals surface area contributed by atoms with Crippen molar-refractivity contribution in [3.8, 4) is 0 Å². The third-order valence-corrected chi connectivity index (χ3v) is 4.24. The minimum atomic E-state index is -0.152. The van der Waals surface area contributed by atoms with Crippen molar-refractivity contribution in [1.82, 2.24) is 5.32 Å². The van der Waals surface area contributed by atoms with Crippen molar-refractivity contribution in [1.29, 1.82) is 0 Å². The topological polar surface area (TPSA) is 49.4 Å². The first-order chi connectivity index (χ1) is 11.5. The van der Waals surface area contributed by atoms with E-state index in [0.29, 0.717) is 18.7 Å². The molecule has 0 fully saturated rings. The van der Waals surface area contributed by atoms with Gasteiger partial charge in [-0.05, 0) is 42.3 Å². The van der Waals surface area contributed by atoms with Crippen LogP contribution in [0.4, 0.5) is 5.69 Å². The number of amides is 2. The fourth-order valence-electron chi connectivity index (χ4n) is 2.39.